The highest BCUT2D eigenvalue weighted by Crippen LogP contribution is 2.18. The summed E-state index contributed by atoms with van der Waals surface area (Å²) in [6, 6.07) is 0.941. The van der Waals surface area contributed by atoms with Gasteiger partial charge in [0.25, 0.3) is 0 Å². The summed E-state index contributed by atoms with van der Waals surface area (Å²) in [5, 5.41) is 11.5. The molecule has 1 unspecified atom stereocenters. The van der Waals surface area contributed by atoms with E-state index in [9.17, 15) is 0 Å². The van der Waals surface area contributed by atoms with Crippen molar-refractivity contribution in [2.75, 3.05) is 14.2 Å². The SMILES string of the molecule is CN=C(NC1CCC1)NC1CCc2nc(COC)nn2C1.I. The molecule has 0 amide bonds. The average Bonchev–Trinajstić information content (AvgIpc) is 2.83. The quantitative estimate of drug-likeness (QED) is 0.433. The van der Waals surface area contributed by atoms with Crippen LogP contribution < -0.4 is 10.6 Å². The summed E-state index contributed by atoms with van der Waals surface area (Å²) >= 11 is 0. The molecule has 0 radical (unpaired) electrons. The fourth-order valence-corrected chi connectivity index (χ4v) is 2.78. The predicted octanol–water partition coefficient (Wildman–Crippen LogP) is 1.07. The standard InChI is InChI=1S/C14H24N6O.HI/c1-15-14(16-10-4-3-5-10)17-11-6-7-13-18-12(9-21-2)19-20(13)8-11;/h10-11H,3-9H2,1-2H3,(H2,15,16,17);1H. The van der Waals surface area contributed by atoms with Crippen LogP contribution in [0.4, 0.5) is 0 Å². The number of hydrogen-bond donors (Lipinski definition) is 2. The van der Waals surface area contributed by atoms with Gasteiger partial charge in [-0.3, -0.25) is 4.99 Å². The van der Waals surface area contributed by atoms with Crippen LogP contribution in [0.1, 0.15) is 37.3 Å². The lowest BCUT2D eigenvalue weighted by molar-refractivity contribution is 0.177. The number of nitrogens with one attached hydrogen (secondary N) is 2. The molecule has 0 aromatic carbocycles. The van der Waals surface area contributed by atoms with Gasteiger partial charge in [-0.15, -0.1) is 24.0 Å². The van der Waals surface area contributed by atoms with E-state index in [-0.39, 0.29) is 24.0 Å². The Labute approximate surface area is 148 Å². The molecule has 1 saturated carbocycles. The molecule has 3 rings (SSSR count). The molecule has 22 heavy (non-hydrogen) atoms. The van der Waals surface area contributed by atoms with Crippen LogP contribution in [0.3, 0.4) is 0 Å². The second-order valence-electron chi connectivity index (χ2n) is 5.78. The van der Waals surface area contributed by atoms with E-state index >= 15 is 0 Å². The summed E-state index contributed by atoms with van der Waals surface area (Å²) in [6.07, 6.45) is 5.81. The molecule has 2 N–H and O–H groups in total. The van der Waals surface area contributed by atoms with Crippen LogP contribution in [-0.4, -0.2) is 47.0 Å². The van der Waals surface area contributed by atoms with E-state index in [4.69, 9.17) is 4.74 Å². The Balaban J connectivity index is 0.00000176. The zero-order valence-electron chi connectivity index (χ0n) is 13.2. The monoisotopic (exact) mass is 420 g/mol. The molecule has 8 heteroatoms. The van der Waals surface area contributed by atoms with Gasteiger partial charge in [0.15, 0.2) is 11.8 Å². The molecule has 1 aromatic rings. The van der Waals surface area contributed by atoms with E-state index in [0.717, 1.165) is 37.0 Å². The second kappa shape index (κ2) is 8.09. The normalized spacial score (nSPS) is 21.5. The van der Waals surface area contributed by atoms with E-state index in [0.29, 0.717) is 18.7 Å². The number of nitrogens with zero attached hydrogens (tertiary/aromatic N) is 4. The Morgan fingerprint density at radius 3 is 2.73 bits per heavy atom. The molecule has 2 heterocycles. The number of aryl methyl sites for hydroxylation is 1. The van der Waals surface area contributed by atoms with Crippen molar-refractivity contribution in [3.63, 3.8) is 0 Å². The van der Waals surface area contributed by atoms with E-state index < -0.39 is 0 Å². The highest BCUT2D eigenvalue weighted by Gasteiger charge is 2.24. The summed E-state index contributed by atoms with van der Waals surface area (Å²) in [5.74, 6) is 2.73. The van der Waals surface area contributed by atoms with Crippen molar-refractivity contribution in [2.45, 2.75) is 57.3 Å². The number of rotatable bonds is 4. The van der Waals surface area contributed by atoms with Crippen molar-refractivity contribution >= 4 is 29.9 Å². The molecular weight excluding hydrogens is 395 g/mol. The third-order valence-corrected chi connectivity index (χ3v) is 4.19. The minimum Gasteiger partial charge on any atom is -0.377 e. The molecule has 0 spiro atoms. The van der Waals surface area contributed by atoms with E-state index in [1.54, 1.807) is 7.11 Å². The summed E-state index contributed by atoms with van der Waals surface area (Å²) in [5.41, 5.74) is 0. The Bertz CT molecular complexity index is 513. The first-order valence-electron chi connectivity index (χ1n) is 7.70. The number of ether oxygens (including phenoxy) is 1. The van der Waals surface area contributed by atoms with Crippen molar-refractivity contribution in [3.8, 4) is 0 Å². The van der Waals surface area contributed by atoms with Crippen molar-refractivity contribution in [1.29, 1.82) is 0 Å². The Morgan fingerprint density at radius 2 is 2.09 bits per heavy atom. The van der Waals surface area contributed by atoms with Crippen molar-refractivity contribution in [1.82, 2.24) is 25.4 Å². The number of aliphatic imine (C=N–C) groups is 1. The van der Waals surface area contributed by atoms with Gasteiger partial charge in [-0.25, -0.2) is 9.67 Å². The molecule has 0 saturated heterocycles. The molecule has 1 fully saturated rings. The lowest BCUT2D eigenvalue weighted by Crippen LogP contribution is -2.51. The third-order valence-electron chi connectivity index (χ3n) is 4.19. The zero-order chi connectivity index (χ0) is 14.7. The number of guanidine groups is 1. The van der Waals surface area contributed by atoms with E-state index in [1.807, 2.05) is 11.7 Å². The topological polar surface area (TPSA) is 76.4 Å². The number of fused-ring (bicyclic) bond motifs is 1. The van der Waals surface area contributed by atoms with Crippen LogP contribution >= 0.6 is 24.0 Å². The minimum atomic E-state index is 0. The predicted molar refractivity (Wildman–Crippen MR) is 95.5 cm³/mol. The number of halogens is 1. The first kappa shape index (κ1) is 17.5. The summed E-state index contributed by atoms with van der Waals surface area (Å²) in [4.78, 5) is 8.82. The van der Waals surface area contributed by atoms with Gasteiger partial charge < -0.3 is 15.4 Å². The van der Waals surface area contributed by atoms with Gasteiger partial charge in [0, 0.05) is 32.7 Å². The molecule has 1 atom stereocenters. The molecule has 124 valence electrons. The van der Waals surface area contributed by atoms with Gasteiger partial charge in [0.2, 0.25) is 0 Å². The maximum absolute atomic E-state index is 5.09. The summed E-state index contributed by atoms with van der Waals surface area (Å²) in [6.45, 7) is 1.31. The molecular formula is C14H25IN6O. The lowest BCUT2D eigenvalue weighted by Gasteiger charge is -2.31. The van der Waals surface area contributed by atoms with E-state index in [2.05, 4.69) is 25.7 Å². The third kappa shape index (κ3) is 4.09. The van der Waals surface area contributed by atoms with Crippen LogP contribution in [0.2, 0.25) is 0 Å². The first-order chi connectivity index (χ1) is 10.3. The smallest absolute Gasteiger partial charge is 0.191 e. The molecule has 1 aromatic heterocycles. The van der Waals surface area contributed by atoms with E-state index in [1.165, 1.54) is 19.3 Å². The summed E-state index contributed by atoms with van der Waals surface area (Å²) in [7, 11) is 3.49. The molecule has 1 aliphatic carbocycles. The summed E-state index contributed by atoms with van der Waals surface area (Å²) < 4.78 is 7.09. The number of methoxy groups -OCH3 is 1. The highest BCUT2D eigenvalue weighted by molar-refractivity contribution is 14.0. The van der Waals surface area contributed by atoms with Gasteiger partial charge in [-0.1, -0.05) is 0 Å². The highest BCUT2D eigenvalue weighted by atomic mass is 127. The van der Waals surface area contributed by atoms with Crippen LogP contribution in [-0.2, 0) is 24.3 Å². The Kier molecular flexibility index (Phi) is 6.42. The maximum atomic E-state index is 5.09. The zero-order valence-corrected chi connectivity index (χ0v) is 15.5. The average molecular weight is 420 g/mol. The molecule has 2 aliphatic rings. The Morgan fingerprint density at radius 1 is 1.32 bits per heavy atom. The molecule has 7 nitrogen and oxygen atoms in total. The maximum Gasteiger partial charge on any atom is 0.191 e. The van der Waals surface area contributed by atoms with Crippen LogP contribution in [0, 0.1) is 0 Å². The van der Waals surface area contributed by atoms with Gasteiger partial charge in [-0.2, -0.15) is 5.10 Å². The van der Waals surface area contributed by atoms with Crippen LogP contribution in [0.15, 0.2) is 4.99 Å². The minimum absolute atomic E-state index is 0. The molecule has 1 aliphatic heterocycles. The van der Waals surface area contributed by atoms with Gasteiger partial charge in [0.1, 0.15) is 12.4 Å². The first-order valence-corrected chi connectivity index (χ1v) is 7.70. The number of hydrogen-bond acceptors (Lipinski definition) is 4. The number of aromatic nitrogens is 3. The van der Waals surface area contributed by atoms with Gasteiger partial charge in [-0.05, 0) is 25.7 Å². The van der Waals surface area contributed by atoms with Crippen molar-refractivity contribution in [2.24, 2.45) is 4.99 Å². The fourth-order valence-electron chi connectivity index (χ4n) is 2.78. The van der Waals surface area contributed by atoms with Crippen molar-refractivity contribution < 1.29 is 4.74 Å². The fraction of sp³-hybridized carbons (Fsp3) is 0.786. The van der Waals surface area contributed by atoms with Crippen molar-refractivity contribution in [3.05, 3.63) is 11.6 Å². The molecule has 0 bridgehead atoms. The van der Waals surface area contributed by atoms with Crippen LogP contribution in [0.5, 0.6) is 0 Å². The Hall–Kier alpha value is -0.900. The second-order valence-corrected chi connectivity index (χ2v) is 5.78. The van der Waals surface area contributed by atoms with Gasteiger partial charge in [0.05, 0.1) is 6.54 Å². The van der Waals surface area contributed by atoms with Crippen LogP contribution in [0.25, 0.3) is 0 Å². The lowest BCUT2D eigenvalue weighted by atomic mass is 9.93. The largest absolute Gasteiger partial charge is 0.377 e. The van der Waals surface area contributed by atoms with Gasteiger partial charge >= 0.3 is 0 Å².